The maximum Gasteiger partial charge on any atom is 0.341 e. The number of benzene rings is 1. The Morgan fingerprint density at radius 1 is 0.821 bits per heavy atom. The number of para-hydroxylation sites is 1. The van der Waals surface area contributed by atoms with Crippen molar-refractivity contribution >= 4 is 23.5 Å². The number of thioether (sulfide) groups is 1. The molecule has 0 aliphatic rings. The highest BCUT2D eigenvalue weighted by atomic mass is 32.2. The molecular weight excluding hydrogens is 504 g/mol. The molecule has 0 unspecified atom stereocenters. The third kappa shape index (κ3) is 15.2. The van der Waals surface area contributed by atoms with Crippen LogP contribution in [0.15, 0.2) is 60.7 Å². The van der Waals surface area contributed by atoms with E-state index < -0.39 is 5.97 Å². The van der Waals surface area contributed by atoms with E-state index in [-0.39, 0.29) is 28.5 Å². The van der Waals surface area contributed by atoms with Gasteiger partial charge in [-0.05, 0) is 75.7 Å². The van der Waals surface area contributed by atoms with Crippen LogP contribution in [0.1, 0.15) is 121 Å². The second-order valence-electron chi connectivity index (χ2n) is 9.93. The molecule has 4 nitrogen and oxygen atoms in total. The average Bonchev–Trinajstić information content (AvgIpc) is 2.95. The van der Waals surface area contributed by atoms with Gasteiger partial charge in [-0.2, -0.15) is 0 Å². The lowest BCUT2D eigenvalue weighted by molar-refractivity contribution is -0.121. The summed E-state index contributed by atoms with van der Waals surface area (Å²) in [5.41, 5.74) is 0.155. The van der Waals surface area contributed by atoms with Crippen LogP contribution in [-0.2, 0) is 9.53 Å². The number of esters is 1. The molecule has 0 atom stereocenters. The lowest BCUT2D eigenvalue weighted by Crippen LogP contribution is -2.34. The molecule has 0 aliphatic heterocycles. The molecule has 0 saturated heterocycles. The summed E-state index contributed by atoms with van der Waals surface area (Å²) in [6, 6.07) is 6.33. The van der Waals surface area contributed by atoms with Crippen molar-refractivity contribution in [3.05, 3.63) is 66.3 Å². The highest BCUT2D eigenvalue weighted by Gasteiger charge is 2.34. The predicted octanol–water partition coefficient (Wildman–Crippen LogP) is 9.78. The summed E-state index contributed by atoms with van der Waals surface area (Å²) in [5, 5.41) is 9.77. The predicted molar refractivity (Wildman–Crippen MR) is 168 cm³/mol. The minimum atomic E-state index is -0.553. The molecule has 1 N–H and O–H groups in total. The van der Waals surface area contributed by atoms with E-state index in [2.05, 4.69) is 57.2 Å². The lowest BCUT2D eigenvalue weighted by atomic mass is 9.94. The van der Waals surface area contributed by atoms with E-state index in [0.29, 0.717) is 12.8 Å². The Balaban J connectivity index is 2.15. The smallest absolute Gasteiger partial charge is 0.341 e. The fraction of sp³-hybridized carbons (Fsp3) is 0.588. The summed E-state index contributed by atoms with van der Waals surface area (Å²) < 4.78 is 4.93. The van der Waals surface area contributed by atoms with E-state index in [4.69, 9.17) is 4.74 Å². The second-order valence-corrected chi connectivity index (χ2v) is 11.4. The third-order valence-corrected chi connectivity index (χ3v) is 8.83. The molecule has 218 valence electrons. The van der Waals surface area contributed by atoms with Gasteiger partial charge in [0, 0.05) is 6.42 Å². The van der Waals surface area contributed by atoms with Gasteiger partial charge in [-0.15, -0.1) is 11.8 Å². The number of ketones is 1. The van der Waals surface area contributed by atoms with E-state index in [1.54, 1.807) is 12.1 Å². The molecule has 0 bridgehead atoms. The van der Waals surface area contributed by atoms with Crippen molar-refractivity contribution in [2.75, 3.05) is 12.4 Å². The van der Waals surface area contributed by atoms with Gasteiger partial charge in [0.1, 0.15) is 17.1 Å². The van der Waals surface area contributed by atoms with Gasteiger partial charge in [0.25, 0.3) is 0 Å². The van der Waals surface area contributed by atoms with Gasteiger partial charge in [0.15, 0.2) is 0 Å². The van der Waals surface area contributed by atoms with Crippen LogP contribution in [0.3, 0.4) is 0 Å². The molecule has 0 saturated carbocycles. The first-order chi connectivity index (χ1) is 19.0. The van der Waals surface area contributed by atoms with Crippen molar-refractivity contribution in [1.29, 1.82) is 0 Å². The SMILES string of the molecule is CC/C=C\C/C=C\C/C=C\CCCCCCCCSC(CC)(CC)C(=O)CCCOC(=O)c1ccccc1O. The van der Waals surface area contributed by atoms with Crippen LogP contribution < -0.4 is 0 Å². The van der Waals surface area contributed by atoms with Gasteiger partial charge in [0.2, 0.25) is 0 Å². The first-order valence-corrected chi connectivity index (χ1v) is 16.1. The van der Waals surface area contributed by atoms with Crippen molar-refractivity contribution < 1.29 is 19.4 Å². The molecule has 0 fully saturated rings. The van der Waals surface area contributed by atoms with Gasteiger partial charge < -0.3 is 9.84 Å². The minimum Gasteiger partial charge on any atom is -0.507 e. The number of hydrogen-bond acceptors (Lipinski definition) is 5. The van der Waals surface area contributed by atoms with Crippen molar-refractivity contribution in [3.63, 3.8) is 0 Å². The summed E-state index contributed by atoms with van der Waals surface area (Å²) >= 11 is 1.82. The monoisotopic (exact) mass is 556 g/mol. The maximum atomic E-state index is 13.1. The molecule has 0 aromatic heterocycles. The number of allylic oxidation sites excluding steroid dienone is 6. The van der Waals surface area contributed by atoms with E-state index in [1.165, 1.54) is 50.7 Å². The summed E-state index contributed by atoms with van der Waals surface area (Å²) in [5.74, 6) is 0.629. The zero-order valence-corrected chi connectivity index (χ0v) is 25.5. The van der Waals surface area contributed by atoms with E-state index >= 15 is 0 Å². The van der Waals surface area contributed by atoms with Crippen LogP contribution >= 0.6 is 11.8 Å². The Kier molecular flexibility index (Phi) is 20.1. The standard InChI is InChI=1S/C34H52O4S/c1-4-7-8-9-10-11-12-13-14-15-16-17-18-19-20-23-29-39-34(5-2,6-3)32(36)27-24-28-38-33(37)30-25-21-22-26-31(30)35/h7-8,10-11,13-14,21-22,25-26,35H,4-6,9,12,15-20,23-24,27-29H2,1-3H3/b8-7-,11-10-,14-13-. The van der Waals surface area contributed by atoms with E-state index in [9.17, 15) is 14.7 Å². The van der Waals surface area contributed by atoms with Gasteiger partial charge in [-0.1, -0.05) is 95.0 Å². The quantitative estimate of drug-likeness (QED) is 0.0825. The van der Waals surface area contributed by atoms with Crippen LogP contribution in [0.5, 0.6) is 5.75 Å². The Labute approximate surface area is 242 Å². The zero-order chi connectivity index (χ0) is 28.6. The zero-order valence-electron chi connectivity index (χ0n) is 24.7. The molecule has 1 aromatic carbocycles. The van der Waals surface area contributed by atoms with E-state index in [1.807, 2.05) is 11.8 Å². The third-order valence-electron chi connectivity index (χ3n) is 6.98. The maximum absolute atomic E-state index is 13.1. The van der Waals surface area contributed by atoms with Crippen LogP contribution in [0.4, 0.5) is 0 Å². The van der Waals surface area contributed by atoms with Crippen molar-refractivity contribution in [1.82, 2.24) is 0 Å². The van der Waals surface area contributed by atoms with E-state index in [0.717, 1.165) is 44.3 Å². The molecule has 0 heterocycles. The molecule has 1 aromatic rings. The second kappa shape index (κ2) is 22.5. The van der Waals surface area contributed by atoms with Crippen molar-refractivity contribution in [2.24, 2.45) is 0 Å². The van der Waals surface area contributed by atoms with Gasteiger partial charge in [0.05, 0.1) is 11.4 Å². The molecule has 1 rings (SSSR count). The van der Waals surface area contributed by atoms with Crippen LogP contribution in [-0.4, -0.2) is 34.0 Å². The Morgan fingerprint density at radius 2 is 1.44 bits per heavy atom. The Morgan fingerprint density at radius 3 is 2.10 bits per heavy atom. The molecule has 0 radical (unpaired) electrons. The molecule has 0 amide bonds. The Bertz CT molecular complexity index is 883. The minimum absolute atomic E-state index is 0.0894. The van der Waals surface area contributed by atoms with Gasteiger partial charge >= 0.3 is 5.97 Å². The summed E-state index contributed by atoms with van der Waals surface area (Å²) in [7, 11) is 0. The van der Waals surface area contributed by atoms with Crippen LogP contribution in [0, 0.1) is 0 Å². The highest BCUT2D eigenvalue weighted by molar-refractivity contribution is 8.01. The molecule has 39 heavy (non-hydrogen) atoms. The number of unbranched alkanes of at least 4 members (excludes halogenated alkanes) is 6. The first kappa shape index (κ1) is 34.8. The number of hydrogen-bond donors (Lipinski definition) is 1. The van der Waals surface area contributed by atoms with Crippen LogP contribution in [0.2, 0.25) is 0 Å². The number of carbonyl (C=O) groups is 2. The molecule has 5 heteroatoms. The average molecular weight is 557 g/mol. The number of aromatic hydroxyl groups is 1. The normalized spacial score (nSPS) is 12.2. The summed E-state index contributed by atoms with van der Waals surface area (Å²) in [6.07, 6.45) is 27.9. The first-order valence-electron chi connectivity index (χ1n) is 15.1. The molecule has 0 spiro atoms. The van der Waals surface area contributed by atoms with Gasteiger partial charge in [-0.25, -0.2) is 4.79 Å². The fourth-order valence-corrected chi connectivity index (χ4v) is 5.85. The fourth-order valence-electron chi connectivity index (χ4n) is 4.44. The number of phenolic OH excluding ortho intramolecular Hbond substituents is 1. The van der Waals surface area contributed by atoms with Crippen molar-refractivity contribution in [2.45, 2.75) is 115 Å². The summed E-state index contributed by atoms with van der Waals surface area (Å²) in [4.78, 5) is 25.2. The molecule has 0 aliphatic carbocycles. The lowest BCUT2D eigenvalue weighted by Gasteiger charge is -2.29. The number of rotatable bonds is 23. The molecular formula is C34H52O4S. The topological polar surface area (TPSA) is 63.6 Å². The summed E-state index contributed by atoms with van der Waals surface area (Å²) in [6.45, 7) is 6.54. The van der Waals surface area contributed by atoms with Gasteiger partial charge in [-0.3, -0.25) is 4.79 Å². The number of ether oxygens (including phenoxy) is 1. The highest BCUT2D eigenvalue weighted by Crippen LogP contribution is 2.36. The van der Waals surface area contributed by atoms with Crippen LogP contribution in [0.25, 0.3) is 0 Å². The Hall–Kier alpha value is -2.27. The van der Waals surface area contributed by atoms with Crippen molar-refractivity contribution in [3.8, 4) is 5.75 Å². The number of Topliss-reactive ketones (excluding diaryl/α,β-unsaturated/α-hetero) is 1. The number of carbonyl (C=O) groups excluding carboxylic acids is 2. The largest absolute Gasteiger partial charge is 0.507 e. The number of phenols is 1.